The van der Waals surface area contributed by atoms with Gasteiger partial charge in [-0.25, -0.2) is 9.97 Å². The monoisotopic (exact) mass is 402 g/mol. The van der Waals surface area contributed by atoms with E-state index in [1.165, 1.54) is 22.9 Å². The van der Waals surface area contributed by atoms with Gasteiger partial charge in [0, 0.05) is 5.56 Å². The fourth-order valence-electron chi connectivity index (χ4n) is 3.93. The molecule has 29 heavy (non-hydrogen) atoms. The third-order valence-electron chi connectivity index (χ3n) is 5.37. The number of nitrogens with zero attached hydrogens (tertiary/aromatic N) is 3. The molecule has 5 nitrogen and oxygen atoms in total. The smallest absolute Gasteiger partial charge is 0.317 e. The van der Waals surface area contributed by atoms with Crippen LogP contribution in [0.25, 0.3) is 11.2 Å². The minimum absolute atomic E-state index is 0.0354. The Hall–Kier alpha value is -2.74. The van der Waals surface area contributed by atoms with Crippen molar-refractivity contribution in [2.75, 3.05) is 13.1 Å². The molecule has 0 aliphatic carbocycles. The average Bonchev–Trinajstić information content (AvgIpc) is 2.70. The van der Waals surface area contributed by atoms with Crippen molar-refractivity contribution in [2.24, 2.45) is 0 Å². The van der Waals surface area contributed by atoms with E-state index in [0.717, 1.165) is 32.0 Å². The van der Waals surface area contributed by atoms with Crippen molar-refractivity contribution in [1.29, 1.82) is 0 Å². The number of rotatable bonds is 3. The topological polar surface area (TPSA) is 59.8 Å². The van der Waals surface area contributed by atoms with Crippen molar-refractivity contribution in [3.63, 3.8) is 0 Å². The summed E-state index contributed by atoms with van der Waals surface area (Å²) in [4.78, 5) is 22.1. The van der Waals surface area contributed by atoms with Crippen molar-refractivity contribution < 1.29 is 13.2 Å². The molecule has 1 saturated heterocycles. The molecular weight excluding hydrogens is 381 g/mol. The molecule has 0 unspecified atom stereocenters. The highest BCUT2D eigenvalue weighted by atomic mass is 19.4. The molecule has 152 valence electrons. The summed E-state index contributed by atoms with van der Waals surface area (Å²) in [5.41, 5.74) is 1.12. The summed E-state index contributed by atoms with van der Waals surface area (Å²) >= 11 is 0. The van der Waals surface area contributed by atoms with E-state index in [4.69, 9.17) is 0 Å². The van der Waals surface area contributed by atoms with Gasteiger partial charge in [0.15, 0.2) is 5.65 Å². The molecule has 3 aromatic rings. The highest BCUT2D eigenvalue weighted by Crippen LogP contribution is 2.32. The minimum atomic E-state index is -4.50. The molecule has 1 aliphatic rings. The van der Waals surface area contributed by atoms with Gasteiger partial charge < -0.3 is 5.32 Å². The molecule has 1 aromatic carbocycles. The highest BCUT2D eigenvalue weighted by Gasteiger charge is 2.33. The van der Waals surface area contributed by atoms with E-state index in [1.54, 1.807) is 19.1 Å². The fraction of sp³-hybridized carbons (Fsp3) is 0.381. The average molecular weight is 402 g/mol. The lowest BCUT2D eigenvalue weighted by molar-refractivity contribution is -0.138. The van der Waals surface area contributed by atoms with Gasteiger partial charge in [-0.3, -0.25) is 9.36 Å². The molecule has 8 heteroatoms. The highest BCUT2D eigenvalue weighted by molar-refractivity contribution is 5.71. The van der Waals surface area contributed by atoms with Crippen LogP contribution in [0.15, 0.2) is 41.3 Å². The molecule has 1 fully saturated rings. The van der Waals surface area contributed by atoms with E-state index in [9.17, 15) is 18.0 Å². The molecule has 0 bridgehead atoms. The SMILES string of the molecule is Cc1cnc2c(cc(C3CCNCC3)c(=O)n2Cc2ccccc2C(F)(F)F)n1. The number of piperidine rings is 1. The van der Waals surface area contributed by atoms with Gasteiger partial charge in [-0.15, -0.1) is 0 Å². The number of benzene rings is 1. The van der Waals surface area contributed by atoms with Gasteiger partial charge in [0.05, 0.1) is 24.0 Å². The Labute approximate surface area is 165 Å². The van der Waals surface area contributed by atoms with Crippen LogP contribution >= 0.6 is 0 Å². The fourth-order valence-corrected chi connectivity index (χ4v) is 3.93. The van der Waals surface area contributed by atoms with Crippen molar-refractivity contribution in [3.05, 3.63) is 69.3 Å². The zero-order chi connectivity index (χ0) is 20.6. The molecular formula is C21H21F3N4O. The number of halogens is 3. The summed E-state index contributed by atoms with van der Waals surface area (Å²) in [5, 5.41) is 3.27. The first-order valence-electron chi connectivity index (χ1n) is 9.57. The Morgan fingerprint density at radius 2 is 1.93 bits per heavy atom. The molecule has 0 saturated carbocycles. The zero-order valence-electron chi connectivity index (χ0n) is 16.0. The van der Waals surface area contributed by atoms with E-state index >= 15 is 0 Å². The second kappa shape index (κ2) is 7.59. The van der Waals surface area contributed by atoms with Crippen LogP contribution in [0.5, 0.6) is 0 Å². The summed E-state index contributed by atoms with van der Waals surface area (Å²) < 4.78 is 41.7. The number of pyridine rings is 1. The largest absolute Gasteiger partial charge is 0.416 e. The van der Waals surface area contributed by atoms with E-state index in [-0.39, 0.29) is 23.6 Å². The van der Waals surface area contributed by atoms with E-state index in [1.807, 2.05) is 0 Å². The van der Waals surface area contributed by atoms with Crippen LogP contribution in [0, 0.1) is 6.92 Å². The quantitative estimate of drug-likeness (QED) is 0.727. The number of aromatic nitrogens is 3. The second-order valence-electron chi connectivity index (χ2n) is 7.39. The molecule has 0 radical (unpaired) electrons. The Balaban J connectivity index is 1.90. The van der Waals surface area contributed by atoms with Gasteiger partial charge in [0.25, 0.3) is 5.56 Å². The van der Waals surface area contributed by atoms with Crippen molar-refractivity contribution in [3.8, 4) is 0 Å². The first-order chi connectivity index (χ1) is 13.8. The maximum absolute atomic E-state index is 13.5. The van der Waals surface area contributed by atoms with Crippen molar-refractivity contribution >= 4 is 11.2 Å². The number of nitrogens with one attached hydrogen (secondary N) is 1. The maximum Gasteiger partial charge on any atom is 0.416 e. The molecule has 1 N–H and O–H groups in total. The number of hydrogen-bond acceptors (Lipinski definition) is 4. The van der Waals surface area contributed by atoms with Crippen LogP contribution in [0.2, 0.25) is 0 Å². The van der Waals surface area contributed by atoms with Crippen molar-refractivity contribution in [1.82, 2.24) is 19.9 Å². The van der Waals surface area contributed by atoms with Gasteiger partial charge in [-0.05, 0) is 56.5 Å². The lowest BCUT2D eigenvalue weighted by atomic mass is 9.91. The standard InChI is InChI=1S/C21H21F3N4O/c1-13-11-26-19-18(27-13)10-16(14-6-8-25-9-7-14)20(29)28(19)12-15-4-2-3-5-17(15)21(22,23)24/h2-5,10-11,14,25H,6-9,12H2,1H3. The van der Waals surface area contributed by atoms with Crippen LogP contribution in [0.4, 0.5) is 13.2 Å². The summed E-state index contributed by atoms with van der Waals surface area (Å²) in [5.74, 6) is 0.0552. The maximum atomic E-state index is 13.5. The number of aryl methyl sites for hydroxylation is 1. The van der Waals surface area contributed by atoms with Crippen LogP contribution in [-0.2, 0) is 12.7 Å². The molecule has 0 spiro atoms. The first kappa shape index (κ1) is 19.6. The second-order valence-corrected chi connectivity index (χ2v) is 7.39. The summed E-state index contributed by atoms with van der Waals surface area (Å²) in [6, 6.07) is 7.10. The predicted molar refractivity (Wildman–Crippen MR) is 104 cm³/mol. The van der Waals surface area contributed by atoms with Crippen LogP contribution in [-0.4, -0.2) is 27.6 Å². The van der Waals surface area contributed by atoms with Gasteiger partial charge >= 0.3 is 6.18 Å². The van der Waals surface area contributed by atoms with Crippen LogP contribution < -0.4 is 10.9 Å². The molecule has 1 aliphatic heterocycles. The Kier molecular flexibility index (Phi) is 5.12. The first-order valence-corrected chi connectivity index (χ1v) is 9.57. The summed E-state index contributed by atoms with van der Waals surface area (Å²) in [6.07, 6.45) is -1.36. The lowest BCUT2D eigenvalue weighted by Crippen LogP contribution is -2.33. The van der Waals surface area contributed by atoms with Crippen LogP contribution in [0.1, 0.15) is 41.1 Å². The van der Waals surface area contributed by atoms with E-state index in [0.29, 0.717) is 22.4 Å². The van der Waals surface area contributed by atoms with Crippen molar-refractivity contribution in [2.45, 2.75) is 38.4 Å². The minimum Gasteiger partial charge on any atom is -0.317 e. The van der Waals surface area contributed by atoms with E-state index in [2.05, 4.69) is 15.3 Å². The third kappa shape index (κ3) is 3.89. The lowest BCUT2D eigenvalue weighted by Gasteiger charge is -2.24. The predicted octanol–water partition coefficient (Wildman–Crippen LogP) is 3.63. The van der Waals surface area contributed by atoms with Gasteiger partial charge in [0.2, 0.25) is 0 Å². The number of alkyl halides is 3. The van der Waals surface area contributed by atoms with Gasteiger partial charge in [-0.2, -0.15) is 13.2 Å². The molecule has 4 rings (SSSR count). The Bertz CT molecular complexity index is 1100. The molecule has 2 aromatic heterocycles. The molecule has 0 atom stereocenters. The number of hydrogen-bond donors (Lipinski definition) is 1. The van der Waals surface area contributed by atoms with Crippen LogP contribution in [0.3, 0.4) is 0 Å². The number of fused-ring (bicyclic) bond motifs is 1. The Morgan fingerprint density at radius 3 is 2.66 bits per heavy atom. The summed E-state index contributed by atoms with van der Waals surface area (Å²) in [7, 11) is 0. The molecule has 0 amide bonds. The van der Waals surface area contributed by atoms with Gasteiger partial charge in [-0.1, -0.05) is 18.2 Å². The third-order valence-corrected chi connectivity index (χ3v) is 5.37. The zero-order valence-corrected chi connectivity index (χ0v) is 16.0. The van der Waals surface area contributed by atoms with Gasteiger partial charge in [0.1, 0.15) is 5.52 Å². The van der Waals surface area contributed by atoms with E-state index < -0.39 is 11.7 Å². The molecule has 3 heterocycles. The Morgan fingerprint density at radius 1 is 1.21 bits per heavy atom. The normalized spacial score (nSPS) is 15.7. The summed E-state index contributed by atoms with van der Waals surface area (Å²) in [6.45, 7) is 3.20.